The number of pyridine rings is 1. The number of carbonyl (C=O) groups is 3. The molecule has 19 heavy (non-hydrogen) atoms. The molecule has 3 amide bonds. The van der Waals surface area contributed by atoms with Crippen LogP contribution in [0.25, 0.3) is 0 Å². The average molecular weight is 261 g/mol. The monoisotopic (exact) mass is 261 g/mol. The molecule has 0 saturated carbocycles. The quantitative estimate of drug-likeness (QED) is 0.753. The number of piperazine rings is 1. The molecule has 0 atom stereocenters. The normalized spacial score (nSPS) is 18.1. The highest BCUT2D eigenvalue weighted by Gasteiger charge is 2.43. The highest BCUT2D eigenvalue weighted by atomic mass is 16.2. The van der Waals surface area contributed by atoms with Gasteiger partial charge in [0.05, 0.1) is 6.42 Å². The highest BCUT2D eigenvalue weighted by molar-refractivity contribution is 6.06. The summed E-state index contributed by atoms with van der Waals surface area (Å²) >= 11 is 0. The fourth-order valence-electron chi connectivity index (χ4n) is 1.94. The number of nitrogens with zero attached hydrogens (tertiary/aromatic N) is 2. The minimum absolute atomic E-state index is 0.0742. The van der Waals surface area contributed by atoms with Crippen molar-refractivity contribution >= 4 is 17.7 Å². The van der Waals surface area contributed by atoms with Gasteiger partial charge in [-0.2, -0.15) is 0 Å². The van der Waals surface area contributed by atoms with E-state index in [9.17, 15) is 14.4 Å². The molecule has 2 heterocycles. The second-order valence-electron chi connectivity index (χ2n) is 4.91. The number of hydrogen-bond acceptors (Lipinski definition) is 4. The molecular weight excluding hydrogens is 246 g/mol. The zero-order valence-electron chi connectivity index (χ0n) is 10.8. The van der Waals surface area contributed by atoms with Crippen molar-refractivity contribution in [1.29, 1.82) is 0 Å². The maximum absolute atomic E-state index is 12.2. The lowest BCUT2D eigenvalue weighted by Crippen LogP contribution is -2.65. The number of rotatable bonds is 2. The molecular formula is C13H15N3O3. The zero-order valence-corrected chi connectivity index (χ0v) is 10.8. The van der Waals surface area contributed by atoms with Gasteiger partial charge in [-0.25, -0.2) is 0 Å². The summed E-state index contributed by atoms with van der Waals surface area (Å²) in [6.45, 7) is 3.13. The maximum atomic E-state index is 12.2. The van der Waals surface area contributed by atoms with Crippen molar-refractivity contribution < 1.29 is 14.4 Å². The topological polar surface area (TPSA) is 79.4 Å². The Bertz CT molecular complexity index is 525. The van der Waals surface area contributed by atoms with E-state index in [-0.39, 0.29) is 18.9 Å². The largest absolute Gasteiger partial charge is 0.319 e. The van der Waals surface area contributed by atoms with Crippen molar-refractivity contribution in [1.82, 2.24) is 15.2 Å². The molecule has 0 bridgehead atoms. The van der Waals surface area contributed by atoms with E-state index >= 15 is 0 Å². The van der Waals surface area contributed by atoms with E-state index in [0.717, 1.165) is 0 Å². The molecule has 100 valence electrons. The van der Waals surface area contributed by atoms with Crippen molar-refractivity contribution in [2.24, 2.45) is 0 Å². The summed E-state index contributed by atoms with van der Waals surface area (Å²) in [5.41, 5.74) is -0.415. The summed E-state index contributed by atoms with van der Waals surface area (Å²) in [6.07, 6.45) is 1.67. The van der Waals surface area contributed by atoms with E-state index in [4.69, 9.17) is 0 Å². The number of amides is 3. The molecule has 1 fully saturated rings. The first-order valence-electron chi connectivity index (χ1n) is 5.96. The SMILES string of the molecule is CC1(C)C(=O)NC(=O)CN1C(=O)Cc1ccccn1. The third-order valence-corrected chi connectivity index (χ3v) is 3.14. The summed E-state index contributed by atoms with van der Waals surface area (Å²) in [7, 11) is 0. The van der Waals surface area contributed by atoms with Crippen LogP contribution in [0.3, 0.4) is 0 Å². The zero-order chi connectivity index (χ0) is 14.0. The van der Waals surface area contributed by atoms with Gasteiger partial charge in [-0.15, -0.1) is 0 Å². The highest BCUT2D eigenvalue weighted by Crippen LogP contribution is 2.19. The van der Waals surface area contributed by atoms with Crippen LogP contribution in [0, 0.1) is 0 Å². The lowest BCUT2D eigenvalue weighted by Gasteiger charge is -2.40. The average Bonchev–Trinajstić information content (AvgIpc) is 2.35. The molecule has 0 aliphatic carbocycles. The van der Waals surface area contributed by atoms with Crippen molar-refractivity contribution in [3.63, 3.8) is 0 Å². The number of nitrogens with one attached hydrogen (secondary N) is 1. The first kappa shape index (κ1) is 13.2. The molecule has 2 rings (SSSR count). The lowest BCUT2D eigenvalue weighted by atomic mass is 9.98. The van der Waals surface area contributed by atoms with Crippen LogP contribution in [0.5, 0.6) is 0 Å². The van der Waals surface area contributed by atoms with E-state index < -0.39 is 17.4 Å². The van der Waals surface area contributed by atoms with Gasteiger partial charge < -0.3 is 4.90 Å². The number of carbonyl (C=O) groups excluding carboxylic acids is 3. The third kappa shape index (κ3) is 2.62. The fourth-order valence-corrected chi connectivity index (χ4v) is 1.94. The molecule has 0 radical (unpaired) electrons. The van der Waals surface area contributed by atoms with E-state index in [2.05, 4.69) is 10.3 Å². The van der Waals surface area contributed by atoms with Crippen LogP contribution in [-0.2, 0) is 20.8 Å². The van der Waals surface area contributed by atoms with E-state index in [0.29, 0.717) is 5.69 Å². The first-order chi connectivity index (χ1) is 8.91. The molecule has 6 heteroatoms. The Balaban J connectivity index is 2.17. The van der Waals surface area contributed by atoms with Crippen LogP contribution in [0.4, 0.5) is 0 Å². The van der Waals surface area contributed by atoms with Crippen molar-refractivity contribution in [2.45, 2.75) is 25.8 Å². The molecule has 1 saturated heterocycles. The standard InChI is InChI=1S/C13H15N3O3/c1-13(2)12(19)15-10(17)8-16(13)11(18)7-9-5-3-4-6-14-9/h3-6H,7-8H2,1-2H3,(H,15,17,19). The minimum Gasteiger partial charge on any atom is -0.319 e. The Kier molecular flexibility index (Phi) is 3.33. The minimum atomic E-state index is -1.03. The van der Waals surface area contributed by atoms with Gasteiger partial charge in [0.15, 0.2) is 0 Å². The van der Waals surface area contributed by atoms with E-state index in [1.807, 2.05) is 0 Å². The van der Waals surface area contributed by atoms with Gasteiger partial charge >= 0.3 is 0 Å². The third-order valence-electron chi connectivity index (χ3n) is 3.14. The molecule has 6 nitrogen and oxygen atoms in total. The first-order valence-corrected chi connectivity index (χ1v) is 5.96. The lowest BCUT2D eigenvalue weighted by molar-refractivity contribution is -0.155. The van der Waals surface area contributed by atoms with Crippen LogP contribution in [0.15, 0.2) is 24.4 Å². The molecule has 0 aromatic carbocycles. The van der Waals surface area contributed by atoms with Gasteiger partial charge in [-0.05, 0) is 26.0 Å². The predicted molar refractivity (Wildman–Crippen MR) is 66.9 cm³/mol. The molecule has 1 aromatic rings. The van der Waals surface area contributed by atoms with Gasteiger partial charge in [0, 0.05) is 11.9 Å². The fraction of sp³-hybridized carbons (Fsp3) is 0.385. The van der Waals surface area contributed by atoms with Crippen LogP contribution >= 0.6 is 0 Å². The Labute approximate surface area is 110 Å². The van der Waals surface area contributed by atoms with Gasteiger partial charge in [-0.1, -0.05) is 6.07 Å². The van der Waals surface area contributed by atoms with Gasteiger partial charge in [-0.3, -0.25) is 24.7 Å². The maximum Gasteiger partial charge on any atom is 0.252 e. The summed E-state index contributed by atoms with van der Waals surface area (Å²) in [5, 5.41) is 2.23. The summed E-state index contributed by atoms with van der Waals surface area (Å²) in [4.78, 5) is 40.7. The van der Waals surface area contributed by atoms with Gasteiger partial charge in [0.2, 0.25) is 11.8 Å². The van der Waals surface area contributed by atoms with Gasteiger partial charge in [0.1, 0.15) is 12.1 Å². The van der Waals surface area contributed by atoms with Gasteiger partial charge in [0.25, 0.3) is 5.91 Å². The van der Waals surface area contributed by atoms with E-state index in [1.165, 1.54) is 4.90 Å². The van der Waals surface area contributed by atoms with E-state index in [1.54, 1.807) is 38.2 Å². The van der Waals surface area contributed by atoms with Crippen LogP contribution in [0.1, 0.15) is 19.5 Å². The molecule has 0 spiro atoms. The molecule has 1 aliphatic rings. The molecule has 1 aliphatic heterocycles. The summed E-state index contributed by atoms with van der Waals surface area (Å²) in [5.74, 6) is -1.20. The molecule has 1 aromatic heterocycles. The van der Waals surface area contributed by atoms with Crippen LogP contribution < -0.4 is 5.32 Å². The number of imide groups is 1. The van der Waals surface area contributed by atoms with Crippen molar-refractivity contribution in [3.8, 4) is 0 Å². The predicted octanol–water partition coefficient (Wildman–Crippen LogP) is -0.112. The Morgan fingerprint density at radius 2 is 2.16 bits per heavy atom. The Morgan fingerprint density at radius 3 is 2.79 bits per heavy atom. The van der Waals surface area contributed by atoms with Crippen molar-refractivity contribution in [3.05, 3.63) is 30.1 Å². The summed E-state index contributed by atoms with van der Waals surface area (Å²) in [6, 6.07) is 5.28. The van der Waals surface area contributed by atoms with Crippen molar-refractivity contribution in [2.75, 3.05) is 6.54 Å². The van der Waals surface area contributed by atoms with Crippen LogP contribution in [0.2, 0.25) is 0 Å². The Hall–Kier alpha value is -2.24. The molecule has 1 N–H and O–H groups in total. The second-order valence-corrected chi connectivity index (χ2v) is 4.91. The number of aromatic nitrogens is 1. The second kappa shape index (κ2) is 4.79. The smallest absolute Gasteiger partial charge is 0.252 e. The summed E-state index contributed by atoms with van der Waals surface area (Å²) < 4.78 is 0. The van der Waals surface area contributed by atoms with Crippen LogP contribution in [-0.4, -0.2) is 39.7 Å². The number of hydrogen-bond donors (Lipinski definition) is 1. The molecule has 0 unspecified atom stereocenters. The Morgan fingerprint density at radius 1 is 1.42 bits per heavy atom.